The summed E-state index contributed by atoms with van der Waals surface area (Å²) in [5, 5.41) is 10.1. The van der Waals surface area contributed by atoms with Gasteiger partial charge in [0.2, 0.25) is 0 Å². The maximum atomic E-state index is 13.5. The van der Waals surface area contributed by atoms with E-state index >= 15 is 0 Å². The first-order valence-electron chi connectivity index (χ1n) is 9.39. The van der Waals surface area contributed by atoms with Crippen LogP contribution in [0.4, 0.5) is 23.2 Å². The summed E-state index contributed by atoms with van der Waals surface area (Å²) < 4.78 is 57.2. The molecule has 0 fully saturated rings. The predicted octanol–water partition coefficient (Wildman–Crippen LogP) is 5.24. The number of hydrazone groups is 1. The molecular weight excluding hydrogens is 496 g/mol. The molecule has 0 radical (unpaired) electrons. The minimum absolute atomic E-state index is 0.0823. The molecule has 11 heteroatoms. The summed E-state index contributed by atoms with van der Waals surface area (Å²) in [6, 6.07) is 10.6. The topological polar surface area (TPSA) is 59.7 Å². The van der Waals surface area contributed by atoms with Gasteiger partial charge >= 0.3 is 6.36 Å². The summed E-state index contributed by atoms with van der Waals surface area (Å²) in [4.78, 5) is 12.8. The average molecular weight is 511 g/mol. The van der Waals surface area contributed by atoms with E-state index in [0.717, 1.165) is 0 Å². The van der Waals surface area contributed by atoms with E-state index in [9.17, 15) is 22.4 Å². The molecule has 0 bridgehead atoms. The molecule has 166 valence electrons. The van der Waals surface area contributed by atoms with E-state index in [0.29, 0.717) is 21.5 Å². The fourth-order valence-corrected chi connectivity index (χ4v) is 3.89. The van der Waals surface area contributed by atoms with Crippen LogP contribution in [0.25, 0.3) is 5.69 Å². The molecule has 0 saturated heterocycles. The quantitative estimate of drug-likeness (QED) is 0.450. The van der Waals surface area contributed by atoms with Crippen molar-refractivity contribution >= 4 is 33.1 Å². The second-order valence-electron chi connectivity index (χ2n) is 7.04. The molecule has 2 heterocycles. The van der Waals surface area contributed by atoms with E-state index in [2.05, 4.69) is 30.9 Å². The molecule has 1 unspecified atom stereocenters. The van der Waals surface area contributed by atoms with Crippen LogP contribution in [0.2, 0.25) is 0 Å². The Morgan fingerprint density at radius 1 is 1.16 bits per heavy atom. The lowest BCUT2D eigenvalue weighted by molar-refractivity contribution is -0.274. The van der Waals surface area contributed by atoms with Gasteiger partial charge in [0, 0.05) is 17.0 Å². The summed E-state index contributed by atoms with van der Waals surface area (Å²) in [6.07, 6.45) is -3.27. The Hall–Kier alpha value is -3.21. The Balaban J connectivity index is 1.75. The lowest BCUT2D eigenvalue weighted by Crippen LogP contribution is -2.40. The van der Waals surface area contributed by atoms with Crippen LogP contribution in [0.3, 0.4) is 0 Å². The highest BCUT2D eigenvalue weighted by Gasteiger charge is 2.33. The monoisotopic (exact) mass is 510 g/mol. The largest absolute Gasteiger partial charge is 0.573 e. The molecule has 4 rings (SSSR count). The van der Waals surface area contributed by atoms with Crippen LogP contribution in [-0.4, -0.2) is 33.7 Å². The van der Waals surface area contributed by atoms with Gasteiger partial charge in [-0.05, 0) is 59.3 Å². The molecule has 0 aliphatic carbocycles. The van der Waals surface area contributed by atoms with E-state index in [-0.39, 0.29) is 17.9 Å². The standard InChI is InChI=1S/C21H15BrF4N4O2/c1-12-9-19(31)20(18-7-8-27-30(18)17-6-5-13(23)10-16(17)22)28-29(12)14-3-2-4-15(11-14)32-21(24,25)26/h2-8,10-12H,9H2,1H3. The van der Waals surface area contributed by atoms with Crippen molar-refractivity contribution in [1.82, 2.24) is 9.78 Å². The van der Waals surface area contributed by atoms with Crippen molar-refractivity contribution in [3.8, 4) is 11.4 Å². The molecular formula is C21H15BrF4N4O2. The van der Waals surface area contributed by atoms with Crippen LogP contribution >= 0.6 is 15.9 Å². The molecule has 0 N–H and O–H groups in total. The van der Waals surface area contributed by atoms with Crippen molar-refractivity contribution in [2.45, 2.75) is 25.7 Å². The van der Waals surface area contributed by atoms with Gasteiger partial charge in [-0.1, -0.05) is 6.07 Å². The summed E-state index contributed by atoms with van der Waals surface area (Å²) >= 11 is 3.29. The zero-order chi connectivity index (χ0) is 23.0. The SMILES string of the molecule is CC1CC(=O)C(c2ccnn2-c2ccc(F)cc2Br)=NN1c1cccc(OC(F)(F)F)c1. The predicted molar refractivity (Wildman–Crippen MR) is 112 cm³/mol. The molecule has 2 aromatic carbocycles. The second kappa shape index (κ2) is 8.38. The number of benzene rings is 2. The number of halogens is 5. The third kappa shape index (κ3) is 4.52. The van der Waals surface area contributed by atoms with Gasteiger partial charge in [0.1, 0.15) is 11.6 Å². The number of ketones is 1. The number of nitrogens with zero attached hydrogens (tertiary/aromatic N) is 4. The second-order valence-corrected chi connectivity index (χ2v) is 7.89. The summed E-state index contributed by atoms with van der Waals surface area (Å²) in [5.41, 5.74) is 1.27. The molecule has 0 amide bonds. The fraction of sp³-hybridized carbons (Fsp3) is 0.190. The molecule has 1 aromatic heterocycles. The smallest absolute Gasteiger partial charge is 0.406 e. The van der Waals surface area contributed by atoms with Gasteiger partial charge in [0.25, 0.3) is 0 Å². The number of alkyl halides is 3. The van der Waals surface area contributed by atoms with Crippen molar-refractivity contribution in [3.63, 3.8) is 0 Å². The minimum Gasteiger partial charge on any atom is -0.406 e. The molecule has 3 aromatic rings. The third-order valence-corrected chi connectivity index (χ3v) is 5.34. The molecule has 32 heavy (non-hydrogen) atoms. The van der Waals surface area contributed by atoms with E-state index in [1.54, 1.807) is 19.1 Å². The Kier molecular flexibility index (Phi) is 5.76. The number of hydrogen-bond acceptors (Lipinski definition) is 5. The van der Waals surface area contributed by atoms with Gasteiger partial charge < -0.3 is 4.74 Å². The van der Waals surface area contributed by atoms with Crippen LogP contribution in [0.1, 0.15) is 19.0 Å². The maximum absolute atomic E-state index is 13.5. The first kappa shape index (κ1) is 22.0. The number of hydrogen-bond donors (Lipinski definition) is 0. The Labute approximate surface area is 188 Å². The van der Waals surface area contributed by atoms with Crippen molar-refractivity contribution in [1.29, 1.82) is 0 Å². The highest BCUT2D eigenvalue weighted by atomic mass is 79.9. The lowest BCUT2D eigenvalue weighted by atomic mass is 10.0. The van der Waals surface area contributed by atoms with Gasteiger partial charge in [-0.3, -0.25) is 9.80 Å². The molecule has 0 spiro atoms. The highest BCUT2D eigenvalue weighted by molar-refractivity contribution is 9.10. The Morgan fingerprint density at radius 3 is 2.66 bits per heavy atom. The van der Waals surface area contributed by atoms with Crippen molar-refractivity contribution in [2.24, 2.45) is 5.10 Å². The van der Waals surface area contributed by atoms with E-state index in [1.807, 2.05) is 0 Å². The van der Waals surface area contributed by atoms with Crippen LogP contribution < -0.4 is 9.75 Å². The minimum atomic E-state index is -4.83. The maximum Gasteiger partial charge on any atom is 0.573 e. The van der Waals surface area contributed by atoms with Gasteiger partial charge in [-0.25, -0.2) is 9.07 Å². The molecule has 1 atom stereocenters. The molecule has 6 nitrogen and oxygen atoms in total. The van der Waals surface area contributed by atoms with Gasteiger partial charge in [-0.2, -0.15) is 10.2 Å². The van der Waals surface area contributed by atoms with Crippen molar-refractivity contribution in [2.75, 3.05) is 5.01 Å². The lowest BCUT2D eigenvalue weighted by Gasteiger charge is -2.31. The molecule has 1 aliphatic rings. The number of carbonyl (C=O) groups excluding carboxylic acids is 1. The molecule has 1 aliphatic heterocycles. The van der Waals surface area contributed by atoms with Crippen LogP contribution in [0, 0.1) is 5.82 Å². The zero-order valence-corrected chi connectivity index (χ0v) is 18.1. The number of aromatic nitrogens is 2. The van der Waals surface area contributed by atoms with Gasteiger partial charge in [0.15, 0.2) is 11.5 Å². The summed E-state index contributed by atoms with van der Waals surface area (Å²) in [7, 11) is 0. The average Bonchev–Trinajstić information content (AvgIpc) is 3.16. The first-order chi connectivity index (χ1) is 15.1. The van der Waals surface area contributed by atoms with Crippen LogP contribution in [-0.2, 0) is 4.79 Å². The number of rotatable bonds is 4. The van der Waals surface area contributed by atoms with Crippen LogP contribution in [0.15, 0.2) is 64.3 Å². The van der Waals surface area contributed by atoms with Gasteiger partial charge in [-0.15, -0.1) is 13.2 Å². The highest BCUT2D eigenvalue weighted by Crippen LogP contribution is 2.31. The summed E-state index contributed by atoms with van der Waals surface area (Å²) in [6.45, 7) is 1.74. The van der Waals surface area contributed by atoms with E-state index < -0.39 is 24.0 Å². The van der Waals surface area contributed by atoms with Crippen LogP contribution in [0.5, 0.6) is 5.75 Å². The fourth-order valence-electron chi connectivity index (χ4n) is 3.37. The van der Waals surface area contributed by atoms with E-state index in [1.165, 1.54) is 52.3 Å². The van der Waals surface area contributed by atoms with E-state index in [4.69, 9.17) is 0 Å². The molecule has 0 saturated carbocycles. The third-order valence-electron chi connectivity index (χ3n) is 4.71. The van der Waals surface area contributed by atoms with Gasteiger partial charge in [0.05, 0.1) is 29.3 Å². The number of Topliss-reactive ketones (excluding diaryl/α,β-unsaturated/α-hetero) is 1. The number of ether oxygens (including phenoxy) is 1. The number of carbonyl (C=O) groups is 1. The summed E-state index contributed by atoms with van der Waals surface area (Å²) in [5.74, 6) is -1.09. The number of anilines is 1. The van der Waals surface area contributed by atoms with Crippen molar-refractivity contribution in [3.05, 3.63) is 70.7 Å². The normalized spacial score (nSPS) is 16.8. The first-order valence-corrected chi connectivity index (χ1v) is 10.2. The zero-order valence-electron chi connectivity index (χ0n) is 16.5. The Bertz CT molecular complexity index is 1210. The Morgan fingerprint density at radius 2 is 1.94 bits per heavy atom. The van der Waals surface area contributed by atoms with Crippen molar-refractivity contribution < 1.29 is 27.1 Å².